The lowest BCUT2D eigenvalue weighted by molar-refractivity contribution is -0.180. The van der Waals surface area contributed by atoms with Gasteiger partial charge in [-0.1, -0.05) is 134 Å². The number of aliphatic hydroxyl groups excluding tert-OH is 2. The fourth-order valence-corrected chi connectivity index (χ4v) is 17.6. The van der Waals surface area contributed by atoms with Crippen LogP contribution in [0.4, 0.5) is 29.8 Å². The zero-order valence-corrected chi connectivity index (χ0v) is 79.4. The maximum Gasteiger partial charge on any atom is 0.411 e. The van der Waals surface area contributed by atoms with Gasteiger partial charge in [0.25, 0.3) is 17.7 Å². The Bertz CT molecular complexity index is 4720. The second-order valence-electron chi connectivity index (χ2n) is 32.4. The number of aliphatic carboxylic acids is 1. The van der Waals surface area contributed by atoms with Crippen molar-refractivity contribution in [2.24, 2.45) is 0 Å². The van der Waals surface area contributed by atoms with E-state index in [1.165, 1.54) is 91.3 Å². The van der Waals surface area contributed by atoms with Crippen molar-refractivity contribution >= 4 is 185 Å². The van der Waals surface area contributed by atoms with Crippen LogP contribution in [-0.2, 0) is 92.7 Å². The third-order valence-electron chi connectivity index (χ3n) is 19.1. The number of carboxylic acids is 1. The number of likely N-dealkylation sites (tertiary alicyclic amines) is 4. The highest BCUT2D eigenvalue weighted by Crippen LogP contribution is 2.37. The number of halogens is 4. The van der Waals surface area contributed by atoms with Gasteiger partial charge in [-0.2, -0.15) is 0 Å². The molecule has 5 fully saturated rings. The van der Waals surface area contributed by atoms with E-state index in [0.717, 1.165) is 102 Å². The third-order valence-corrected chi connectivity index (χ3v) is 24.1. The fourth-order valence-electron chi connectivity index (χ4n) is 13.5. The number of carboxylic acid groups (broad SMARTS) is 1. The van der Waals surface area contributed by atoms with Gasteiger partial charge < -0.3 is 81.8 Å². The molecular weight excluding hydrogens is 1930 g/mol. The van der Waals surface area contributed by atoms with Gasteiger partial charge in [0.15, 0.2) is 33.4 Å². The van der Waals surface area contributed by atoms with Crippen molar-refractivity contribution in [1.82, 2.24) is 50.5 Å². The summed E-state index contributed by atoms with van der Waals surface area (Å²) in [5, 5.41) is 51.1. The lowest BCUT2D eigenvalue weighted by Crippen LogP contribution is -2.50. The molecule has 5 saturated heterocycles. The fraction of sp³-hybridized carbons (Fsp3) is 0.574. The van der Waals surface area contributed by atoms with E-state index < -0.39 is 101 Å². The van der Waals surface area contributed by atoms with E-state index in [2.05, 4.69) is 40.4 Å². The van der Waals surface area contributed by atoms with E-state index >= 15 is 0 Å². The smallest absolute Gasteiger partial charge is 0.411 e. The molecule has 2 aromatic carbocycles. The molecule has 7 aromatic rings. The summed E-state index contributed by atoms with van der Waals surface area (Å²) in [5.41, 5.74) is 22.0. The Balaban J connectivity index is -0.000000515. The monoisotopic (exact) mass is 2080 g/mol. The van der Waals surface area contributed by atoms with Crippen LogP contribution >= 0.6 is 104 Å². The number of thiophene rings is 2. The predicted molar refractivity (Wildman–Crippen MR) is 554 cm³/mol. The number of nitrogens with one attached hydrogen (secondary N) is 3. The molecule has 12 N–H and O–H groups in total. The molecular formula is C94H153Cl4N13O20S5. The van der Waals surface area contributed by atoms with E-state index in [4.69, 9.17) is 71.0 Å². The number of Topliss-reactive ketones (excluding diaryl/α,β-unsaturated/α-hetero) is 1. The van der Waals surface area contributed by atoms with Crippen LogP contribution in [-0.4, -0.2) is 215 Å². The minimum absolute atomic E-state index is 0. The molecule has 42 heteroatoms. The van der Waals surface area contributed by atoms with Crippen LogP contribution < -0.4 is 33.2 Å². The van der Waals surface area contributed by atoms with Crippen LogP contribution in [0.3, 0.4) is 0 Å². The number of methoxy groups -OCH3 is 1. The summed E-state index contributed by atoms with van der Waals surface area (Å²) in [6, 6.07) is 18.2. The summed E-state index contributed by atoms with van der Waals surface area (Å²) in [6.07, 6.45) is 1.36. The van der Waals surface area contributed by atoms with Crippen LogP contribution in [0, 0.1) is 0 Å². The zero-order valence-electron chi connectivity index (χ0n) is 72.2. The minimum atomic E-state index is -1.95. The van der Waals surface area contributed by atoms with Gasteiger partial charge >= 0.3 is 42.2 Å². The summed E-state index contributed by atoms with van der Waals surface area (Å²) in [5.74, 6) is -6.34. The molecule has 6 amide bonds. The molecule has 772 valence electrons. The van der Waals surface area contributed by atoms with Crippen LogP contribution in [0.2, 0.25) is 10.0 Å². The van der Waals surface area contributed by atoms with Gasteiger partial charge in [-0.05, 0) is 203 Å². The molecule has 0 saturated carbocycles. The average Bonchev–Trinajstić information content (AvgIpc) is 1.66. The number of nitrogen functional groups attached to an aromatic ring is 3. The van der Waals surface area contributed by atoms with E-state index in [1.54, 1.807) is 51.8 Å². The molecule has 0 unspecified atom stereocenters. The summed E-state index contributed by atoms with van der Waals surface area (Å²) >= 11 is 25.0. The predicted octanol–water partition coefficient (Wildman–Crippen LogP) is 19.8. The Morgan fingerprint density at radius 2 is 0.875 bits per heavy atom. The van der Waals surface area contributed by atoms with Crippen molar-refractivity contribution in [3.05, 3.63) is 147 Å². The second kappa shape index (κ2) is 64.2. The van der Waals surface area contributed by atoms with Gasteiger partial charge in [-0.15, -0.1) is 80.7 Å². The SMILES string of the molecule is C.C.C.C.C.C.C.C.C.C.CC(=O)O[C@@H](C(=O)O)[C@@H](OC(C)=O)C(=O)NCc1cc(Cc2ccccc2Cl)cs1.CC(C)(C)OC(=O)N1CCC[C@@H]1C(=O)CCl.CC(C)(C)OC(=O)N1CCC[C@@H]1c1csc(N)n1.COC(=O)[C@H]1CCCN1C(=O)OC(C)(C)C.Cl.Nc1nc([C@H]2CCCN2)cs1.Nc1nc([C@H]2CCCN2C(=O)[C@H](O)[C@@H](O)C(=O)NCc2cc(Cc3ccccc3Cl)cs2)cs1. The van der Waals surface area contributed by atoms with Gasteiger partial charge in [-0.25, -0.2) is 38.9 Å². The van der Waals surface area contributed by atoms with Crippen molar-refractivity contribution in [2.75, 3.05) is 62.9 Å². The molecule has 0 radical (unpaired) electrons. The first-order valence-electron chi connectivity index (χ1n) is 40.3. The molecule has 5 aliphatic heterocycles. The number of nitrogens with zero attached hydrogens (tertiary/aromatic N) is 7. The van der Waals surface area contributed by atoms with Crippen LogP contribution in [0.25, 0.3) is 0 Å². The molecule has 136 heavy (non-hydrogen) atoms. The molecule has 33 nitrogen and oxygen atoms in total. The van der Waals surface area contributed by atoms with E-state index in [1.807, 2.05) is 103 Å². The molecule has 0 bridgehead atoms. The van der Waals surface area contributed by atoms with Crippen molar-refractivity contribution in [3.8, 4) is 0 Å². The highest BCUT2D eigenvalue weighted by molar-refractivity contribution is 7.14. The van der Waals surface area contributed by atoms with Gasteiger partial charge in [-0.3, -0.25) is 43.5 Å². The highest BCUT2D eigenvalue weighted by atomic mass is 35.5. The summed E-state index contributed by atoms with van der Waals surface area (Å²) in [7, 11) is 1.33. The summed E-state index contributed by atoms with van der Waals surface area (Å²) in [6.45, 7) is 22.1. The molecule has 0 aliphatic carbocycles. The first-order chi connectivity index (χ1) is 58.9. The number of hydrogen-bond acceptors (Lipinski definition) is 31. The van der Waals surface area contributed by atoms with Crippen LogP contribution in [0.5, 0.6) is 0 Å². The Morgan fingerprint density at radius 1 is 0.500 bits per heavy atom. The Labute approximate surface area is 847 Å². The Morgan fingerprint density at radius 3 is 1.26 bits per heavy atom. The number of alkyl halides is 1. The number of benzene rings is 2. The number of anilines is 3. The zero-order chi connectivity index (χ0) is 92.2. The Hall–Kier alpha value is -9.06. The minimum Gasteiger partial charge on any atom is -0.478 e. The first kappa shape index (κ1) is 135. The summed E-state index contributed by atoms with van der Waals surface area (Å²) < 4.78 is 30.0. The van der Waals surface area contributed by atoms with E-state index in [-0.39, 0.29) is 136 Å². The van der Waals surface area contributed by atoms with Crippen LogP contribution in [0.1, 0.15) is 282 Å². The molecule has 9 atom stereocenters. The van der Waals surface area contributed by atoms with Gasteiger partial charge in [0.2, 0.25) is 12.2 Å². The van der Waals surface area contributed by atoms with Crippen molar-refractivity contribution < 1.29 is 96.5 Å². The molecule has 10 heterocycles. The molecule has 12 rings (SSSR count). The van der Waals surface area contributed by atoms with E-state index in [9.17, 15) is 68.1 Å². The van der Waals surface area contributed by atoms with Crippen molar-refractivity contribution in [1.29, 1.82) is 0 Å². The number of aromatic nitrogens is 3. The quantitative estimate of drug-likeness (QED) is 0.0173. The standard InChI is InChI=1S/C23H25ClN4O4S2.C20H20ClNO7S.C12H19N3O2S.C11H18ClNO3.C11H19NO4.C7H11N3S.10CH4.ClH/c24-16-5-2-1-4-14(16)8-13-9-15(33-11-13)10-26-21(31)19(29)20(30)22(32)28-7-3-6-18(28)17-12-34-23(25)27-17;1-11(23)28-17(18(20(26)27)29-12(2)24)19(25)22-9-15-8-13(10-30-15)7-14-5-3-4-6-16(14)21;1-12(2,3)17-11(16)15-6-4-5-9(15)8-7-18-10(13)14-8;1-11(2,3)16-10(15)13-6-4-5-8(13)9(14)7-12;1-11(2,3)16-10(14)12-7-5-6-8(12)9(13)15-4;8-7-10-6(4-11-7)5-2-1-3-9-5;;;;;;;;;;;/h1-2,4-5,9,11-12,18-20,29-30H,3,6-8,10H2,(H2,25,27)(H,26,31);3-6,8,10,17-18H,7,9H2,1-2H3,(H,22,25)(H,26,27);7,9H,4-6H2,1-3H3,(H2,13,14);8H,4-7H2,1-3H3;8H,5-7H2,1-4H3;4-5,9H,1-3H2,(H2,8,10);10*1H4;1H/t18-,19-,20-;17-,18-;9-;2*8-;5-;;;;;;;;;;;/m111111.........../s1. The number of amides is 6. The average molecular weight is 2090 g/mol. The number of nitrogens with two attached hydrogens (primary N) is 3. The third kappa shape index (κ3) is 43.5. The number of carbonyl (C=O) groups excluding carboxylic acids is 10. The van der Waals surface area contributed by atoms with Gasteiger partial charge in [0, 0.05) is 76.0 Å². The number of aliphatic hydroxyl groups is 2. The number of rotatable bonds is 22. The normalized spacial score (nSPS) is 16.7. The molecule has 5 aromatic heterocycles. The number of thiazole rings is 3. The topological polar surface area (TPSA) is 470 Å². The lowest BCUT2D eigenvalue weighted by atomic mass is 10.1. The number of carbonyl (C=O) groups is 11. The molecule has 0 spiro atoms. The number of hydrogen-bond donors (Lipinski definition) is 9. The lowest BCUT2D eigenvalue weighted by Gasteiger charge is -2.27. The largest absolute Gasteiger partial charge is 0.478 e. The van der Waals surface area contributed by atoms with Crippen molar-refractivity contribution in [3.63, 3.8) is 0 Å². The van der Waals surface area contributed by atoms with Gasteiger partial charge in [0.1, 0.15) is 22.8 Å². The van der Waals surface area contributed by atoms with Crippen LogP contribution in [0.15, 0.2) is 87.6 Å². The van der Waals surface area contributed by atoms with Gasteiger partial charge in [0.05, 0.1) is 67.3 Å². The number of ketones is 1. The summed E-state index contributed by atoms with van der Waals surface area (Å²) in [4.78, 5) is 151. The second-order valence-corrected chi connectivity index (χ2v) is 38.1. The Kier molecular flexibility index (Phi) is 64.0. The molecule has 5 aliphatic rings. The van der Waals surface area contributed by atoms with E-state index in [0.29, 0.717) is 88.9 Å². The number of ether oxygens (including phenoxy) is 6. The first-order valence-corrected chi connectivity index (χ1v) is 46.0. The maximum absolute atomic E-state index is 12.8. The maximum atomic E-state index is 12.8. The highest BCUT2D eigenvalue weighted by Gasteiger charge is 2.43. The van der Waals surface area contributed by atoms with Crippen molar-refractivity contribution in [2.45, 2.75) is 312 Å². The number of esters is 3.